The SMILES string of the molecule is CCCCc1cccc(OP(=O)(O)O)c1CCCCCCCCc1ccccc1. The maximum Gasteiger partial charge on any atom is 0.524 e. The van der Waals surface area contributed by atoms with E-state index in [-0.39, 0.29) is 0 Å². The molecule has 0 bridgehead atoms. The van der Waals surface area contributed by atoms with E-state index >= 15 is 0 Å². The summed E-state index contributed by atoms with van der Waals surface area (Å²) in [5.41, 5.74) is 3.53. The Kier molecular flexibility index (Phi) is 10.5. The van der Waals surface area contributed by atoms with Crippen molar-refractivity contribution in [3.8, 4) is 5.75 Å². The molecule has 29 heavy (non-hydrogen) atoms. The van der Waals surface area contributed by atoms with Gasteiger partial charge < -0.3 is 4.52 Å². The largest absolute Gasteiger partial charge is 0.524 e. The van der Waals surface area contributed by atoms with Crippen molar-refractivity contribution in [2.24, 2.45) is 0 Å². The zero-order chi connectivity index (χ0) is 21.0. The minimum absolute atomic E-state index is 0.342. The lowest BCUT2D eigenvalue weighted by Gasteiger charge is -2.16. The van der Waals surface area contributed by atoms with Crippen LogP contribution in [0.25, 0.3) is 0 Å². The molecule has 0 heterocycles. The maximum absolute atomic E-state index is 11.3. The van der Waals surface area contributed by atoms with Gasteiger partial charge in [-0.1, -0.05) is 81.5 Å². The summed E-state index contributed by atoms with van der Waals surface area (Å²) in [5, 5.41) is 0. The first-order chi connectivity index (χ1) is 14.0. The third-order valence-corrected chi connectivity index (χ3v) is 5.67. The standard InChI is InChI=1S/C24H35O4P/c1-2-3-17-22-18-13-20-24(28-29(25,26)27)23(22)19-12-7-5-4-6-9-14-21-15-10-8-11-16-21/h8,10-11,13,15-16,18,20H,2-7,9,12,14,17,19H2,1H3,(H2,25,26,27). The zero-order valence-corrected chi connectivity index (χ0v) is 18.4. The van der Waals surface area contributed by atoms with Crippen LogP contribution in [-0.2, 0) is 23.8 Å². The lowest BCUT2D eigenvalue weighted by Crippen LogP contribution is -2.01. The molecule has 0 aliphatic carbocycles. The molecule has 5 heteroatoms. The summed E-state index contributed by atoms with van der Waals surface area (Å²) in [6.07, 6.45) is 12.1. The number of unbranched alkanes of at least 4 members (excludes halogenated alkanes) is 6. The summed E-state index contributed by atoms with van der Waals surface area (Å²) in [6, 6.07) is 16.2. The van der Waals surface area contributed by atoms with Crippen molar-refractivity contribution >= 4 is 7.82 Å². The summed E-state index contributed by atoms with van der Waals surface area (Å²) < 4.78 is 16.3. The Labute approximate surface area is 175 Å². The van der Waals surface area contributed by atoms with Gasteiger partial charge in [-0.25, -0.2) is 4.57 Å². The van der Waals surface area contributed by atoms with Gasteiger partial charge in [-0.2, -0.15) is 0 Å². The van der Waals surface area contributed by atoms with Gasteiger partial charge in [0.2, 0.25) is 0 Å². The second-order valence-electron chi connectivity index (χ2n) is 7.69. The van der Waals surface area contributed by atoms with Crippen LogP contribution in [0.1, 0.15) is 75.0 Å². The summed E-state index contributed by atoms with van der Waals surface area (Å²) in [4.78, 5) is 18.5. The van der Waals surface area contributed by atoms with Crippen LogP contribution in [0.3, 0.4) is 0 Å². The average Bonchev–Trinajstić information content (AvgIpc) is 2.69. The molecular formula is C24H35O4P. The minimum Gasteiger partial charge on any atom is -0.404 e. The highest BCUT2D eigenvalue weighted by Crippen LogP contribution is 2.40. The van der Waals surface area contributed by atoms with E-state index in [4.69, 9.17) is 4.52 Å². The molecule has 2 rings (SSSR count). The smallest absolute Gasteiger partial charge is 0.404 e. The van der Waals surface area contributed by atoms with Crippen LogP contribution >= 0.6 is 7.82 Å². The summed E-state index contributed by atoms with van der Waals surface area (Å²) in [5.74, 6) is 0.342. The van der Waals surface area contributed by atoms with Gasteiger partial charge in [0.1, 0.15) is 5.75 Å². The number of phosphoric acid groups is 1. The Morgan fingerprint density at radius 2 is 1.41 bits per heavy atom. The molecule has 0 unspecified atom stereocenters. The van der Waals surface area contributed by atoms with Crippen molar-refractivity contribution < 1.29 is 18.9 Å². The lowest BCUT2D eigenvalue weighted by molar-refractivity contribution is 0.282. The molecule has 0 amide bonds. The minimum atomic E-state index is -4.54. The molecule has 0 fully saturated rings. The van der Waals surface area contributed by atoms with E-state index in [1.165, 1.54) is 31.2 Å². The van der Waals surface area contributed by atoms with E-state index < -0.39 is 7.82 Å². The van der Waals surface area contributed by atoms with Gasteiger partial charge in [0, 0.05) is 0 Å². The molecule has 0 saturated carbocycles. The molecule has 0 saturated heterocycles. The van der Waals surface area contributed by atoms with Gasteiger partial charge in [-0.15, -0.1) is 0 Å². The fourth-order valence-corrected chi connectivity index (χ4v) is 4.12. The van der Waals surface area contributed by atoms with E-state index in [9.17, 15) is 14.4 Å². The van der Waals surface area contributed by atoms with E-state index in [1.54, 1.807) is 6.07 Å². The van der Waals surface area contributed by atoms with E-state index in [0.29, 0.717) is 5.75 Å². The Bertz CT molecular complexity index is 755. The number of benzene rings is 2. The number of phosphoric ester groups is 1. The number of hydrogen-bond donors (Lipinski definition) is 2. The average molecular weight is 419 g/mol. The summed E-state index contributed by atoms with van der Waals surface area (Å²) in [7, 11) is -4.54. The van der Waals surface area contributed by atoms with Crippen molar-refractivity contribution in [2.75, 3.05) is 0 Å². The van der Waals surface area contributed by atoms with Gasteiger partial charge in [0.25, 0.3) is 0 Å². The third kappa shape index (κ3) is 9.62. The first-order valence-electron chi connectivity index (χ1n) is 10.9. The second-order valence-corrected chi connectivity index (χ2v) is 8.85. The van der Waals surface area contributed by atoms with Crippen LogP contribution in [0.4, 0.5) is 0 Å². The highest BCUT2D eigenvalue weighted by molar-refractivity contribution is 7.46. The first-order valence-corrected chi connectivity index (χ1v) is 12.4. The monoisotopic (exact) mass is 418 g/mol. The fourth-order valence-electron chi connectivity index (χ4n) is 3.69. The first kappa shape index (κ1) is 23.7. The van der Waals surface area contributed by atoms with Crippen LogP contribution in [0, 0.1) is 0 Å². The molecule has 0 aromatic heterocycles. The molecule has 160 valence electrons. The molecule has 0 spiro atoms. The molecule has 4 nitrogen and oxygen atoms in total. The number of rotatable bonds is 14. The lowest BCUT2D eigenvalue weighted by atomic mass is 9.96. The fraction of sp³-hybridized carbons (Fsp3) is 0.500. The molecule has 2 N–H and O–H groups in total. The van der Waals surface area contributed by atoms with Crippen LogP contribution in [0.15, 0.2) is 48.5 Å². The van der Waals surface area contributed by atoms with Crippen molar-refractivity contribution in [2.45, 2.75) is 77.6 Å². The molecule has 0 atom stereocenters. The highest BCUT2D eigenvalue weighted by atomic mass is 31.2. The third-order valence-electron chi connectivity index (χ3n) is 5.23. The predicted molar refractivity (Wildman–Crippen MR) is 119 cm³/mol. The van der Waals surface area contributed by atoms with Crippen molar-refractivity contribution in [1.82, 2.24) is 0 Å². The molecule has 2 aromatic carbocycles. The molecule has 2 aromatic rings. The maximum atomic E-state index is 11.3. The van der Waals surface area contributed by atoms with Crippen LogP contribution in [-0.4, -0.2) is 9.79 Å². The second kappa shape index (κ2) is 12.8. The van der Waals surface area contributed by atoms with Gasteiger partial charge >= 0.3 is 7.82 Å². The van der Waals surface area contributed by atoms with Crippen LogP contribution < -0.4 is 4.52 Å². The van der Waals surface area contributed by atoms with Gasteiger partial charge in [-0.05, 0) is 61.3 Å². The molecular weight excluding hydrogens is 383 g/mol. The van der Waals surface area contributed by atoms with Crippen molar-refractivity contribution in [3.05, 3.63) is 65.2 Å². The zero-order valence-electron chi connectivity index (χ0n) is 17.6. The molecule has 0 aliphatic heterocycles. The Hall–Kier alpha value is -1.61. The van der Waals surface area contributed by atoms with Crippen LogP contribution in [0.2, 0.25) is 0 Å². The number of aryl methyl sites for hydroxylation is 2. The van der Waals surface area contributed by atoms with E-state index in [2.05, 4.69) is 43.3 Å². The van der Waals surface area contributed by atoms with Crippen molar-refractivity contribution in [3.63, 3.8) is 0 Å². The van der Waals surface area contributed by atoms with Gasteiger partial charge in [-0.3, -0.25) is 9.79 Å². The Morgan fingerprint density at radius 1 is 0.759 bits per heavy atom. The quantitative estimate of drug-likeness (QED) is 0.267. The molecule has 0 aliphatic rings. The topological polar surface area (TPSA) is 66.8 Å². The summed E-state index contributed by atoms with van der Waals surface area (Å²) in [6.45, 7) is 2.15. The van der Waals surface area contributed by atoms with Crippen LogP contribution in [0.5, 0.6) is 5.75 Å². The summed E-state index contributed by atoms with van der Waals surface area (Å²) >= 11 is 0. The predicted octanol–water partition coefficient (Wildman–Crippen LogP) is 6.63. The van der Waals surface area contributed by atoms with Gasteiger partial charge in [0.05, 0.1) is 0 Å². The molecule has 0 radical (unpaired) electrons. The normalized spacial score (nSPS) is 11.6. The Balaban J connectivity index is 1.76. The van der Waals surface area contributed by atoms with Crippen molar-refractivity contribution in [1.29, 1.82) is 0 Å². The number of hydrogen-bond acceptors (Lipinski definition) is 2. The van der Waals surface area contributed by atoms with Gasteiger partial charge in [0.15, 0.2) is 0 Å². The highest BCUT2D eigenvalue weighted by Gasteiger charge is 2.19. The van der Waals surface area contributed by atoms with E-state index in [0.717, 1.165) is 56.1 Å². The Morgan fingerprint density at radius 3 is 2.07 bits per heavy atom. The van der Waals surface area contributed by atoms with E-state index in [1.807, 2.05) is 6.07 Å².